The molecule has 1 rings (SSSR count). The van der Waals surface area contributed by atoms with Crippen LogP contribution in [0.1, 0.15) is 38.3 Å². The molecule has 96 valence electrons. The Morgan fingerprint density at radius 3 is 2.53 bits per heavy atom. The van der Waals surface area contributed by atoms with Gasteiger partial charge in [-0.2, -0.15) is 0 Å². The molecule has 0 saturated heterocycles. The van der Waals surface area contributed by atoms with Gasteiger partial charge < -0.3 is 15.2 Å². The van der Waals surface area contributed by atoms with E-state index in [2.05, 4.69) is 20.8 Å². The van der Waals surface area contributed by atoms with Crippen molar-refractivity contribution < 1.29 is 9.47 Å². The molecule has 0 aliphatic heterocycles. The smallest absolute Gasteiger partial charge is 0.123 e. The Bertz CT molecular complexity index is 361. The highest BCUT2D eigenvalue weighted by Crippen LogP contribution is 2.22. The minimum atomic E-state index is -0.0836. The largest absolute Gasteiger partial charge is 0.496 e. The van der Waals surface area contributed by atoms with Gasteiger partial charge in [0.2, 0.25) is 0 Å². The van der Waals surface area contributed by atoms with E-state index in [0.29, 0.717) is 13.2 Å². The van der Waals surface area contributed by atoms with Gasteiger partial charge in [-0.3, -0.25) is 0 Å². The fourth-order valence-electron chi connectivity index (χ4n) is 1.43. The van der Waals surface area contributed by atoms with E-state index in [1.807, 2.05) is 18.2 Å². The Hall–Kier alpha value is -1.06. The van der Waals surface area contributed by atoms with Gasteiger partial charge in [0, 0.05) is 12.1 Å². The standard InChI is InChI=1S/C14H23NO2/c1-5-14(2,3)17-10-11-6-7-12(9-15)13(8-11)16-4/h6-8H,5,9-10,15H2,1-4H3. The average molecular weight is 237 g/mol. The molecule has 0 aliphatic rings. The SMILES string of the molecule is CCC(C)(C)OCc1ccc(CN)c(OC)c1. The van der Waals surface area contributed by atoms with Crippen molar-refractivity contribution in [3.63, 3.8) is 0 Å². The second-order valence-corrected chi connectivity index (χ2v) is 4.75. The molecule has 0 radical (unpaired) electrons. The number of rotatable bonds is 6. The van der Waals surface area contributed by atoms with Crippen LogP contribution in [0.3, 0.4) is 0 Å². The van der Waals surface area contributed by atoms with Crippen LogP contribution in [-0.4, -0.2) is 12.7 Å². The van der Waals surface area contributed by atoms with Crippen molar-refractivity contribution >= 4 is 0 Å². The van der Waals surface area contributed by atoms with E-state index in [9.17, 15) is 0 Å². The van der Waals surface area contributed by atoms with Gasteiger partial charge in [-0.15, -0.1) is 0 Å². The molecule has 0 aromatic heterocycles. The van der Waals surface area contributed by atoms with Crippen LogP contribution in [0, 0.1) is 0 Å². The fourth-order valence-corrected chi connectivity index (χ4v) is 1.43. The highest BCUT2D eigenvalue weighted by molar-refractivity contribution is 5.37. The quantitative estimate of drug-likeness (QED) is 0.827. The van der Waals surface area contributed by atoms with Crippen LogP contribution in [0.5, 0.6) is 5.75 Å². The summed E-state index contributed by atoms with van der Waals surface area (Å²) in [5.41, 5.74) is 7.68. The summed E-state index contributed by atoms with van der Waals surface area (Å²) < 4.78 is 11.2. The van der Waals surface area contributed by atoms with Crippen LogP contribution >= 0.6 is 0 Å². The second kappa shape index (κ2) is 6.03. The Morgan fingerprint density at radius 2 is 2.00 bits per heavy atom. The maximum absolute atomic E-state index is 5.85. The number of nitrogens with two attached hydrogens (primary N) is 1. The van der Waals surface area contributed by atoms with Gasteiger partial charge in [-0.25, -0.2) is 0 Å². The lowest BCUT2D eigenvalue weighted by Crippen LogP contribution is -2.22. The number of hydrogen-bond donors (Lipinski definition) is 1. The first-order valence-electron chi connectivity index (χ1n) is 6.02. The van der Waals surface area contributed by atoms with E-state index in [4.69, 9.17) is 15.2 Å². The zero-order valence-corrected chi connectivity index (χ0v) is 11.2. The van der Waals surface area contributed by atoms with Crippen LogP contribution in [0.25, 0.3) is 0 Å². The number of methoxy groups -OCH3 is 1. The van der Waals surface area contributed by atoms with Crippen molar-refractivity contribution in [2.24, 2.45) is 5.73 Å². The Balaban J connectivity index is 2.73. The van der Waals surface area contributed by atoms with Gasteiger partial charge in [-0.05, 0) is 31.9 Å². The molecule has 1 aromatic rings. The first-order chi connectivity index (χ1) is 8.02. The Kier molecular flexibility index (Phi) is 4.97. The van der Waals surface area contributed by atoms with Gasteiger partial charge in [0.05, 0.1) is 19.3 Å². The number of benzene rings is 1. The highest BCUT2D eigenvalue weighted by atomic mass is 16.5. The van der Waals surface area contributed by atoms with E-state index in [0.717, 1.165) is 23.3 Å². The van der Waals surface area contributed by atoms with Gasteiger partial charge in [0.15, 0.2) is 0 Å². The molecule has 0 saturated carbocycles. The molecule has 2 N–H and O–H groups in total. The molecule has 3 heteroatoms. The zero-order chi connectivity index (χ0) is 12.9. The number of ether oxygens (including phenoxy) is 2. The van der Waals surface area contributed by atoms with E-state index in [1.54, 1.807) is 7.11 Å². The summed E-state index contributed by atoms with van der Waals surface area (Å²) in [5.74, 6) is 0.836. The third-order valence-electron chi connectivity index (χ3n) is 3.05. The fraction of sp³-hybridized carbons (Fsp3) is 0.571. The molecule has 0 aliphatic carbocycles. The van der Waals surface area contributed by atoms with Crippen molar-refractivity contribution in [2.45, 2.75) is 45.9 Å². The van der Waals surface area contributed by atoms with Gasteiger partial charge in [0.25, 0.3) is 0 Å². The summed E-state index contributed by atoms with van der Waals surface area (Å²) in [6.07, 6.45) is 0.991. The maximum Gasteiger partial charge on any atom is 0.123 e. The molecule has 0 bridgehead atoms. The minimum Gasteiger partial charge on any atom is -0.496 e. The highest BCUT2D eigenvalue weighted by Gasteiger charge is 2.15. The molecule has 3 nitrogen and oxygen atoms in total. The molecule has 0 unspecified atom stereocenters. The van der Waals surface area contributed by atoms with E-state index < -0.39 is 0 Å². The minimum absolute atomic E-state index is 0.0836. The lowest BCUT2D eigenvalue weighted by Gasteiger charge is -2.23. The van der Waals surface area contributed by atoms with E-state index >= 15 is 0 Å². The first kappa shape index (κ1) is 14.0. The monoisotopic (exact) mass is 237 g/mol. The second-order valence-electron chi connectivity index (χ2n) is 4.75. The molecule has 0 fully saturated rings. The molecule has 0 atom stereocenters. The van der Waals surface area contributed by atoms with E-state index in [1.165, 1.54) is 0 Å². The van der Waals surface area contributed by atoms with Crippen molar-refractivity contribution in [1.29, 1.82) is 0 Å². The van der Waals surface area contributed by atoms with Crippen molar-refractivity contribution in [2.75, 3.05) is 7.11 Å². The summed E-state index contributed by atoms with van der Waals surface area (Å²) in [6.45, 7) is 7.40. The molecular weight excluding hydrogens is 214 g/mol. The first-order valence-corrected chi connectivity index (χ1v) is 6.02. The molecule has 17 heavy (non-hydrogen) atoms. The Morgan fingerprint density at radius 1 is 1.29 bits per heavy atom. The topological polar surface area (TPSA) is 44.5 Å². The molecule has 0 heterocycles. The lowest BCUT2D eigenvalue weighted by atomic mass is 10.1. The molecule has 0 spiro atoms. The molecular formula is C14H23NO2. The molecule has 1 aromatic carbocycles. The van der Waals surface area contributed by atoms with Gasteiger partial charge in [-0.1, -0.05) is 19.1 Å². The summed E-state index contributed by atoms with van der Waals surface area (Å²) in [6, 6.07) is 6.03. The molecule has 0 amide bonds. The maximum atomic E-state index is 5.85. The van der Waals surface area contributed by atoms with Crippen LogP contribution in [0.2, 0.25) is 0 Å². The summed E-state index contributed by atoms with van der Waals surface area (Å²) in [5, 5.41) is 0. The van der Waals surface area contributed by atoms with Crippen LogP contribution in [0.4, 0.5) is 0 Å². The predicted octanol–water partition coefficient (Wildman–Crippen LogP) is 2.86. The van der Waals surface area contributed by atoms with Crippen LogP contribution < -0.4 is 10.5 Å². The van der Waals surface area contributed by atoms with Gasteiger partial charge >= 0.3 is 0 Å². The lowest BCUT2D eigenvalue weighted by molar-refractivity contribution is -0.0316. The van der Waals surface area contributed by atoms with Crippen molar-refractivity contribution in [3.05, 3.63) is 29.3 Å². The van der Waals surface area contributed by atoms with Crippen LogP contribution in [-0.2, 0) is 17.9 Å². The predicted molar refractivity (Wildman–Crippen MR) is 70.0 cm³/mol. The third-order valence-corrected chi connectivity index (χ3v) is 3.05. The number of hydrogen-bond acceptors (Lipinski definition) is 3. The van der Waals surface area contributed by atoms with Crippen molar-refractivity contribution in [1.82, 2.24) is 0 Å². The normalized spacial score (nSPS) is 11.6. The summed E-state index contributed by atoms with van der Waals surface area (Å²) >= 11 is 0. The van der Waals surface area contributed by atoms with Gasteiger partial charge in [0.1, 0.15) is 5.75 Å². The van der Waals surface area contributed by atoms with E-state index in [-0.39, 0.29) is 5.60 Å². The Labute approximate surface area is 104 Å². The summed E-state index contributed by atoms with van der Waals surface area (Å²) in [7, 11) is 1.66. The zero-order valence-electron chi connectivity index (χ0n) is 11.2. The third kappa shape index (κ3) is 4.02. The summed E-state index contributed by atoms with van der Waals surface area (Å²) in [4.78, 5) is 0. The van der Waals surface area contributed by atoms with Crippen molar-refractivity contribution in [3.8, 4) is 5.75 Å². The van der Waals surface area contributed by atoms with Crippen LogP contribution in [0.15, 0.2) is 18.2 Å². The average Bonchev–Trinajstić information content (AvgIpc) is 2.36.